The summed E-state index contributed by atoms with van der Waals surface area (Å²) in [6.07, 6.45) is 0. The minimum atomic E-state index is 0.0808. The molecule has 0 saturated carbocycles. The molecule has 0 aliphatic heterocycles. The quantitative estimate of drug-likeness (QED) is 0.796. The fraction of sp³-hybridized carbons (Fsp3) is 0.600. The van der Waals surface area contributed by atoms with E-state index in [0.717, 1.165) is 18.7 Å². The molecule has 0 aliphatic rings. The van der Waals surface area contributed by atoms with E-state index in [2.05, 4.69) is 18.7 Å². The molecule has 0 bridgehead atoms. The molecule has 0 aliphatic carbocycles. The number of nitrogens with zero attached hydrogens (tertiary/aromatic N) is 1. The van der Waals surface area contributed by atoms with Crippen LogP contribution in [0.15, 0.2) is 18.2 Å². The first-order valence-electron chi connectivity index (χ1n) is 6.87. The zero-order valence-corrected chi connectivity index (χ0v) is 13.9. The molecule has 5 heteroatoms. The van der Waals surface area contributed by atoms with Gasteiger partial charge < -0.3 is 10.5 Å². The van der Waals surface area contributed by atoms with Crippen molar-refractivity contribution >= 4 is 23.2 Å². The molecule has 0 radical (unpaired) electrons. The maximum Gasteiger partial charge on any atom is 0.0589 e. The zero-order valence-electron chi connectivity index (χ0n) is 12.4. The molecule has 2 N–H and O–H groups in total. The number of hydrogen-bond acceptors (Lipinski definition) is 3. The molecule has 1 aromatic carbocycles. The monoisotopic (exact) mass is 318 g/mol. The van der Waals surface area contributed by atoms with E-state index < -0.39 is 0 Å². The van der Waals surface area contributed by atoms with Gasteiger partial charge >= 0.3 is 0 Å². The Morgan fingerprint density at radius 3 is 2.50 bits per heavy atom. The fourth-order valence-electron chi connectivity index (χ4n) is 2.30. The molecule has 0 amide bonds. The zero-order chi connectivity index (χ0) is 15.1. The molecule has 114 valence electrons. The summed E-state index contributed by atoms with van der Waals surface area (Å²) in [6, 6.07) is 5.67. The SMILES string of the molecule is COCCN(CC(C)C)C(CN)c1ccc(Cl)cc1Cl. The predicted octanol–water partition coefficient (Wildman–Crippen LogP) is 3.60. The van der Waals surface area contributed by atoms with E-state index in [1.807, 2.05) is 12.1 Å². The van der Waals surface area contributed by atoms with Gasteiger partial charge in [0.1, 0.15) is 0 Å². The minimum absolute atomic E-state index is 0.0808. The van der Waals surface area contributed by atoms with Gasteiger partial charge in [-0.15, -0.1) is 0 Å². The smallest absolute Gasteiger partial charge is 0.0589 e. The first-order valence-corrected chi connectivity index (χ1v) is 7.63. The van der Waals surface area contributed by atoms with Gasteiger partial charge in [0.05, 0.1) is 6.61 Å². The highest BCUT2D eigenvalue weighted by atomic mass is 35.5. The molecule has 0 spiro atoms. The Balaban J connectivity index is 2.98. The van der Waals surface area contributed by atoms with Gasteiger partial charge in [0.25, 0.3) is 0 Å². The Labute approximate surface area is 132 Å². The van der Waals surface area contributed by atoms with Crippen molar-refractivity contribution in [3.63, 3.8) is 0 Å². The Morgan fingerprint density at radius 2 is 2.00 bits per heavy atom. The summed E-state index contributed by atoms with van der Waals surface area (Å²) in [4.78, 5) is 2.32. The van der Waals surface area contributed by atoms with Crippen LogP contribution in [0.25, 0.3) is 0 Å². The van der Waals surface area contributed by atoms with Crippen molar-refractivity contribution in [2.45, 2.75) is 19.9 Å². The van der Waals surface area contributed by atoms with E-state index >= 15 is 0 Å². The molecule has 1 aromatic rings. The molecule has 1 atom stereocenters. The molecule has 0 saturated heterocycles. The van der Waals surface area contributed by atoms with Crippen molar-refractivity contribution in [1.82, 2.24) is 4.90 Å². The summed E-state index contributed by atoms with van der Waals surface area (Å²) >= 11 is 12.3. The normalized spacial score (nSPS) is 13.2. The molecule has 0 fully saturated rings. The second-order valence-corrected chi connectivity index (χ2v) is 6.14. The number of hydrogen-bond donors (Lipinski definition) is 1. The highest BCUT2D eigenvalue weighted by Crippen LogP contribution is 2.29. The number of nitrogens with two attached hydrogens (primary N) is 1. The van der Waals surface area contributed by atoms with Crippen LogP contribution in [0.1, 0.15) is 25.5 Å². The van der Waals surface area contributed by atoms with Gasteiger partial charge in [0, 0.05) is 42.8 Å². The number of ether oxygens (including phenoxy) is 1. The van der Waals surface area contributed by atoms with E-state index in [1.54, 1.807) is 13.2 Å². The largest absolute Gasteiger partial charge is 0.383 e. The topological polar surface area (TPSA) is 38.5 Å². The predicted molar refractivity (Wildman–Crippen MR) is 86.5 cm³/mol. The lowest BCUT2D eigenvalue weighted by Gasteiger charge is -2.33. The molecular formula is C15H24Cl2N2O. The third-order valence-electron chi connectivity index (χ3n) is 3.17. The van der Waals surface area contributed by atoms with E-state index in [4.69, 9.17) is 33.7 Å². The molecule has 0 aromatic heterocycles. The van der Waals surface area contributed by atoms with Crippen LogP contribution in [-0.2, 0) is 4.74 Å². The van der Waals surface area contributed by atoms with Crippen LogP contribution < -0.4 is 5.73 Å². The van der Waals surface area contributed by atoms with E-state index in [1.165, 1.54) is 0 Å². The molecular weight excluding hydrogens is 295 g/mol. The second-order valence-electron chi connectivity index (χ2n) is 5.30. The van der Waals surface area contributed by atoms with E-state index in [0.29, 0.717) is 29.1 Å². The van der Waals surface area contributed by atoms with Crippen molar-refractivity contribution in [1.29, 1.82) is 0 Å². The highest BCUT2D eigenvalue weighted by Gasteiger charge is 2.22. The lowest BCUT2D eigenvalue weighted by atomic mass is 10.0. The fourth-order valence-corrected chi connectivity index (χ4v) is 2.83. The van der Waals surface area contributed by atoms with Gasteiger partial charge in [-0.05, 0) is 23.6 Å². The molecule has 1 rings (SSSR count). The van der Waals surface area contributed by atoms with Crippen molar-refractivity contribution in [2.24, 2.45) is 11.7 Å². The summed E-state index contributed by atoms with van der Waals surface area (Å²) in [6.45, 7) is 7.35. The molecule has 20 heavy (non-hydrogen) atoms. The Bertz CT molecular complexity index is 413. The average molecular weight is 319 g/mol. The Morgan fingerprint density at radius 1 is 1.30 bits per heavy atom. The summed E-state index contributed by atoms with van der Waals surface area (Å²) in [5.41, 5.74) is 7.01. The molecule has 0 heterocycles. The second kappa shape index (κ2) is 8.85. The standard InChI is InChI=1S/C15H24Cl2N2O/c1-11(2)10-19(6-7-20-3)15(9-18)13-5-4-12(16)8-14(13)17/h4-5,8,11,15H,6-7,9-10,18H2,1-3H3. The average Bonchev–Trinajstić information content (AvgIpc) is 2.38. The van der Waals surface area contributed by atoms with Gasteiger partial charge in [0.15, 0.2) is 0 Å². The van der Waals surface area contributed by atoms with Gasteiger partial charge in [-0.1, -0.05) is 43.1 Å². The van der Waals surface area contributed by atoms with Crippen molar-refractivity contribution in [3.8, 4) is 0 Å². The highest BCUT2D eigenvalue weighted by molar-refractivity contribution is 6.35. The maximum atomic E-state index is 6.32. The lowest BCUT2D eigenvalue weighted by Crippen LogP contribution is -2.38. The van der Waals surface area contributed by atoms with Crippen LogP contribution in [0.5, 0.6) is 0 Å². The first-order chi connectivity index (χ1) is 9.49. The molecule has 3 nitrogen and oxygen atoms in total. The third kappa shape index (κ3) is 5.23. The minimum Gasteiger partial charge on any atom is -0.383 e. The first kappa shape index (κ1) is 17.7. The number of halogens is 2. The van der Waals surface area contributed by atoms with Crippen LogP contribution in [0.3, 0.4) is 0 Å². The lowest BCUT2D eigenvalue weighted by molar-refractivity contribution is 0.112. The maximum absolute atomic E-state index is 6.32. The Kier molecular flexibility index (Phi) is 7.85. The number of benzene rings is 1. The van der Waals surface area contributed by atoms with Gasteiger partial charge in [-0.25, -0.2) is 0 Å². The van der Waals surface area contributed by atoms with Crippen LogP contribution in [0.2, 0.25) is 10.0 Å². The van der Waals surface area contributed by atoms with Crippen LogP contribution >= 0.6 is 23.2 Å². The molecule has 1 unspecified atom stereocenters. The van der Waals surface area contributed by atoms with Crippen LogP contribution in [0, 0.1) is 5.92 Å². The van der Waals surface area contributed by atoms with Crippen molar-refractivity contribution in [3.05, 3.63) is 33.8 Å². The van der Waals surface area contributed by atoms with Crippen LogP contribution in [-0.4, -0.2) is 38.3 Å². The van der Waals surface area contributed by atoms with Crippen molar-refractivity contribution in [2.75, 3.05) is 33.4 Å². The summed E-state index contributed by atoms with van der Waals surface area (Å²) in [5, 5.41) is 1.31. The summed E-state index contributed by atoms with van der Waals surface area (Å²) in [5.74, 6) is 0.548. The number of methoxy groups -OCH3 is 1. The van der Waals surface area contributed by atoms with Gasteiger partial charge in [-0.2, -0.15) is 0 Å². The summed E-state index contributed by atoms with van der Waals surface area (Å²) < 4.78 is 5.20. The van der Waals surface area contributed by atoms with Gasteiger partial charge in [-0.3, -0.25) is 4.90 Å². The van der Waals surface area contributed by atoms with Gasteiger partial charge in [0.2, 0.25) is 0 Å². The number of rotatable bonds is 8. The third-order valence-corrected chi connectivity index (χ3v) is 3.73. The summed E-state index contributed by atoms with van der Waals surface area (Å²) in [7, 11) is 1.71. The van der Waals surface area contributed by atoms with E-state index in [9.17, 15) is 0 Å². The van der Waals surface area contributed by atoms with E-state index in [-0.39, 0.29) is 6.04 Å². The van der Waals surface area contributed by atoms with Crippen LogP contribution in [0.4, 0.5) is 0 Å². The van der Waals surface area contributed by atoms with Crippen molar-refractivity contribution < 1.29 is 4.74 Å². The Hall–Kier alpha value is -0.320.